The van der Waals surface area contributed by atoms with Crippen LogP contribution in [0.25, 0.3) is 0 Å². The monoisotopic (exact) mass is 521 g/mol. The number of rotatable bonds is 7. The smallest absolute Gasteiger partial charge is 0.251 e. The average Bonchev–Trinajstić information content (AvgIpc) is 3.20. The molecule has 0 bridgehead atoms. The first kappa shape index (κ1) is 24.0. The van der Waals surface area contributed by atoms with Crippen molar-refractivity contribution in [2.75, 3.05) is 37.6 Å². The Hall–Kier alpha value is -2.29. The molecule has 6 nitrogen and oxygen atoms in total. The maximum Gasteiger partial charge on any atom is 0.251 e. The summed E-state index contributed by atoms with van der Waals surface area (Å²) in [6, 6.07) is 18.3. The van der Waals surface area contributed by atoms with E-state index in [1.807, 2.05) is 30.3 Å². The number of hydrogen-bond donors (Lipinski definition) is 3. The molecule has 1 atom stereocenters. The minimum Gasteiger partial charge on any atom is -0.369 e. The number of halogens is 1. The molecule has 1 aliphatic heterocycles. The van der Waals surface area contributed by atoms with Crippen LogP contribution < -0.4 is 20.9 Å². The highest BCUT2D eigenvalue weighted by Crippen LogP contribution is 2.20. The van der Waals surface area contributed by atoms with Gasteiger partial charge in [0.15, 0.2) is 5.96 Å². The number of anilines is 1. The molecule has 3 rings (SSSR count). The van der Waals surface area contributed by atoms with E-state index in [-0.39, 0.29) is 29.9 Å². The molecule has 0 spiro atoms. The van der Waals surface area contributed by atoms with Crippen molar-refractivity contribution in [1.82, 2.24) is 16.0 Å². The number of hydrogen-bond acceptors (Lipinski definition) is 3. The highest BCUT2D eigenvalue weighted by Gasteiger charge is 2.23. The fourth-order valence-corrected chi connectivity index (χ4v) is 3.41. The number of nitrogens with one attached hydrogen (secondary N) is 3. The number of aliphatic imine (C=N–C) groups is 1. The Kier molecular flexibility index (Phi) is 9.93. The SMILES string of the molecule is CCNC(=NCCNC(=O)c1ccccc1)NC1CCN(c2ccc(C)cc2)C1.I. The van der Waals surface area contributed by atoms with Crippen molar-refractivity contribution in [3.8, 4) is 0 Å². The van der Waals surface area contributed by atoms with Crippen molar-refractivity contribution in [1.29, 1.82) is 0 Å². The van der Waals surface area contributed by atoms with Gasteiger partial charge in [-0.2, -0.15) is 0 Å². The Morgan fingerprint density at radius 2 is 1.83 bits per heavy atom. The van der Waals surface area contributed by atoms with E-state index in [1.54, 1.807) is 0 Å². The number of carbonyl (C=O) groups is 1. The lowest BCUT2D eigenvalue weighted by molar-refractivity contribution is 0.0955. The summed E-state index contributed by atoms with van der Waals surface area (Å²) >= 11 is 0. The van der Waals surface area contributed by atoms with Crippen molar-refractivity contribution in [2.45, 2.75) is 26.3 Å². The normalized spacial score (nSPS) is 16.0. The van der Waals surface area contributed by atoms with Crippen molar-refractivity contribution in [2.24, 2.45) is 4.99 Å². The summed E-state index contributed by atoms with van der Waals surface area (Å²) in [7, 11) is 0. The minimum absolute atomic E-state index is 0. The summed E-state index contributed by atoms with van der Waals surface area (Å²) in [4.78, 5) is 19.1. The van der Waals surface area contributed by atoms with Crippen LogP contribution in [0.1, 0.15) is 29.3 Å². The van der Waals surface area contributed by atoms with Crippen LogP contribution >= 0.6 is 24.0 Å². The van der Waals surface area contributed by atoms with Crippen LogP contribution in [0.4, 0.5) is 5.69 Å². The third kappa shape index (κ3) is 7.19. The standard InChI is InChI=1S/C23H31N5O.HI/c1-3-24-23(26-15-14-25-22(29)19-7-5-4-6-8-19)27-20-13-16-28(17-20)21-11-9-18(2)10-12-21;/h4-12,20H,3,13-17H2,1-2H3,(H,25,29)(H2,24,26,27);1H. The molecule has 162 valence electrons. The van der Waals surface area contributed by atoms with E-state index < -0.39 is 0 Å². The highest BCUT2D eigenvalue weighted by atomic mass is 127. The molecule has 1 saturated heterocycles. The molecule has 7 heteroatoms. The van der Waals surface area contributed by atoms with Gasteiger partial charge >= 0.3 is 0 Å². The van der Waals surface area contributed by atoms with Gasteiger partial charge in [0.1, 0.15) is 0 Å². The fraction of sp³-hybridized carbons (Fsp3) is 0.391. The first-order chi connectivity index (χ1) is 14.2. The lowest BCUT2D eigenvalue weighted by atomic mass is 10.2. The summed E-state index contributed by atoms with van der Waals surface area (Å²) < 4.78 is 0. The van der Waals surface area contributed by atoms with Crippen LogP contribution in [0.2, 0.25) is 0 Å². The van der Waals surface area contributed by atoms with Gasteiger partial charge in [-0.15, -0.1) is 24.0 Å². The van der Waals surface area contributed by atoms with E-state index in [1.165, 1.54) is 11.3 Å². The van der Waals surface area contributed by atoms with Crippen molar-refractivity contribution in [3.05, 3.63) is 65.7 Å². The van der Waals surface area contributed by atoms with E-state index in [9.17, 15) is 4.79 Å². The molecule has 2 aromatic rings. The molecule has 1 fully saturated rings. The summed E-state index contributed by atoms with van der Waals surface area (Å²) in [5.74, 6) is 0.737. The van der Waals surface area contributed by atoms with Gasteiger partial charge in [0, 0.05) is 43.5 Å². The summed E-state index contributed by atoms with van der Waals surface area (Å²) in [6.45, 7) is 8.00. The zero-order valence-corrected chi connectivity index (χ0v) is 20.1. The number of nitrogens with zero attached hydrogens (tertiary/aromatic N) is 2. The predicted octanol–water partition coefficient (Wildman–Crippen LogP) is 3.18. The molecule has 2 aromatic carbocycles. The maximum atomic E-state index is 12.1. The summed E-state index contributed by atoms with van der Waals surface area (Å²) in [6.07, 6.45) is 1.07. The van der Waals surface area contributed by atoms with E-state index in [0.717, 1.165) is 32.0 Å². The molecule has 0 saturated carbocycles. The molecule has 0 aliphatic carbocycles. The van der Waals surface area contributed by atoms with Gasteiger partial charge in [0.2, 0.25) is 0 Å². The van der Waals surface area contributed by atoms with Crippen LogP contribution in [-0.4, -0.2) is 50.6 Å². The molecule has 1 unspecified atom stereocenters. The average molecular weight is 521 g/mol. The van der Waals surface area contributed by atoms with Gasteiger partial charge in [0.25, 0.3) is 5.91 Å². The van der Waals surface area contributed by atoms with Gasteiger partial charge < -0.3 is 20.9 Å². The number of benzene rings is 2. The highest BCUT2D eigenvalue weighted by molar-refractivity contribution is 14.0. The minimum atomic E-state index is -0.0664. The van der Waals surface area contributed by atoms with Gasteiger partial charge in [0.05, 0.1) is 6.54 Å². The molecular formula is C23H32IN5O. The second-order valence-electron chi connectivity index (χ2n) is 7.29. The van der Waals surface area contributed by atoms with E-state index in [0.29, 0.717) is 24.7 Å². The number of guanidine groups is 1. The van der Waals surface area contributed by atoms with Crippen molar-refractivity contribution >= 4 is 41.5 Å². The van der Waals surface area contributed by atoms with Crippen LogP contribution in [0, 0.1) is 6.92 Å². The topological polar surface area (TPSA) is 68.8 Å². The zero-order valence-electron chi connectivity index (χ0n) is 17.7. The second kappa shape index (κ2) is 12.4. The molecular weight excluding hydrogens is 489 g/mol. The van der Waals surface area contributed by atoms with Gasteiger partial charge in [-0.25, -0.2) is 0 Å². The third-order valence-electron chi connectivity index (χ3n) is 4.98. The van der Waals surface area contributed by atoms with Crippen molar-refractivity contribution < 1.29 is 4.79 Å². The Morgan fingerprint density at radius 3 is 2.53 bits per heavy atom. The number of carbonyl (C=O) groups excluding carboxylic acids is 1. The van der Waals surface area contributed by atoms with Crippen LogP contribution in [-0.2, 0) is 0 Å². The Bertz CT molecular complexity index is 810. The molecule has 0 radical (unpaired) electrons. The summed E-state index contributed by atoms with van der Waals surface area (Å²) in [5, 5.41) is 9.74. The molecule has 30 heavy (non-hydrogen) atoms. The third-order valence-corrected chi connectivity index (χ3v) is 4.98. The van der Waals surface area contributed by atoms with Crippen molar-refractivity contribution in [3.63, 3.8) is 0 Å². The van der Waals surface area contributed by atoms with Gasteiger partial charge in [-0.1, -0.05) is 35.9 Å². The molecule has 1 amide bonds. The Balaban J connectivity index is 0.00000320. The fourth-order valence-electron chi connectivity index (χ4n) is 3.41. The first-order valence-electron chi connectivity index (χ1n) is 10.4. The Labute approximate surface area is 196 Å². The van der Waals surface area contributed by atoms with E-state index >= 15 is 0 Å². The quantitative estimate of drug-likeness (QED) is 0.227. The predicted molar refractivity (Wildman–Crippen MR) is 135 cm³/mol. The Morgan fingerprint density at radius 1 is 1.10 bits per heavy atom. The molecule has 0 aromatic heterocycles. The van der Waals surface area contributed by atoms with Crippen LogP contribution in [0.15, 0.2) is 59.6 Å². The summed E-state index contributed by atoms with van der Waals surface area (Å²) in [5.41, 5.74) is 3.22. The van der Waals surface area contributed by atoms with E-state index in [2.05, 4.69) is 64.0 Å². The van der Waals surface area contributed by atoms with E-state index in [4.69, 9.17) is 0 Å². The molecule has 3 N–H and O–H groups in total. The lowest BCUT2D eigenvalue weighted by Gasteiger charge is -2.20. The largest absolute Gasteiger partial charge is 0.369 e. The van der Waals surface area contributed by atoms with Crippen LogP contribution in [0.5, 0.6) is 0 Å². The molecule has 1 heterocycles. The second-order valence-corrected chi connectivity index (χ2v) is 7.29. The zero-order chi connectivity index (χ0) is 20.5. The van der Waals surface area contributed by atoms with Gasteiger partial charge in [-0.05, 0) is 44.5 Å². The van der Waals surface area contributed by atoms with Crippen LogP contribution in [0.3, 0.4) is 0 Å². The lowest BCUT2D eigenvalue weighted by Crippen LogP contribution is -2.45. The number of aryl methyl sites for hydroxylation is 1. The first-order valence-corrected chi connectivity index (χ1v) is 10.4. The van der Waals surface area contributed by atoms with Gasteiger partial charge in [-0.3, -0.25) is 9.79 Å². The number of amides is 1. The molecule has 1 aliphatic rings. The maximum absolute atomic E-state index is 12.1.